The summed E-state index contributed by atoms with van der Waals surface area (Å²) in [6, 6.07) is 6.68. The maximum Gasteiger partial charge on any atom is 0.227 e. The summed E-state index contributed by atoms with van der Waals surface area (Å²) in [5, 5.41) is 2.98. The molecule has 2 aliphatic rings. The van der Waals surface area contributed by atoms with Gasteiger partial charge in [0.1, 0.15) is 12.4 Å². The minimum Gasteiger partial charge on any atom is -0.494 e. The molecule has 2 fully saturated rings. The molecule has 41 heavy (non-hydrogen) atoms. The molecule has 0 saturated carbocycles. The Bertz CT molecular complexity index is 1300. The van der Waals surface area contributed by atoms with Crippen LogP contribution in [-0.2, 0) is 6.61 Å². The fraction of sp³-hybridized carbons (Fsp3) is 0.448. The van der Waals surface area contributed by atoms with Crippen LogP contribution in [0.4, 0.5) is 30.5 Å². The zero-order valence-corrected chi connectivity index (χ0v) is 23.5. The molecule has 0 atom stereocenters. The Labute approximate surface area is 237 Å². The molecular formula is C29H35F3N6O3. The van der Waals surface area contributed by atoms with Crippen LogP contribution >= 0.6 is 0 Å². The number of methoxy groups -OCH3 is 2. The molecule has 1 N–H and O–H groups in total. The molecule has 2 saturated heterocycles. The van der Waals surface area contributed by atoms with Crippen LogP contribution in [0, 0.1) is 17.5 Å². The van der Waals surface area contributed by atoms with Crippen LogP contribution in [0.5, 0.6) is 17.2 Å². The van der Waals surface area contributed by atoms with Crippen molar-refractivity contribution in [3.05, 3.63) is 59.7 Å². The Hall–Kier alpha value is -3.77. The fourth-order valence-corrected chi connectivity index (χ4v) is 5.30. The van der Waals surface area contributed by atoms with Crippen molar-refractivity contribution in [2.45, 2.75) is 25.5 Å². The molecule has 3 heterocycles. The largest absolute Gasteiger partial charge is 0.494 e. The van der Waals surface area contributed by atoms with Crippen LogP contribution in [-0.4, -0.2) is 86.3 Å². The highest BCUT2D eigenvalue weighted by molar-refractivity contribution is 5.60. The SMILES string of the molecule is COc1cc(OC)c(F)c(COc2cnc(Nc3ccc(N4CCC(N5CCN(C)CC5)CC4)c(F)c3)nc2)c1F. The highest BCUT2D eigenvalue weighted by atomic mass is 19.1. The third kappa shape index (κ3) is 6.59. The lowest BCUT2D eigenvalue weighted by molar-refractivity contribution is 0.0981. The van der Waals surface area contributed by atoms with Crippen LogP contribution in [0.2, 0.25) is 0 Å². The van der Waals surface area contributed by atoms with Gasteiger partial charge in [-0.25, -0.2) is 23.1 Å². The molecule has 220 valence electrons. The van der Waals surface area contributed by atoms with E-state index in [1.807, 2.05) is 0 Å². The second-order valence-corrected chi connectivity index (χ2v) is 10.3. The lowest BCUT2D eigenvalue weighted by Gasteiger charge is -2.42. The predicted octanol–water partition coefficient (Wildman–Crippen LogP) is 4.45. The number of rotatable bonds is 9. The number of piperazine rings is 1. The van der Waals surface area contributed by atoms with Gasteiger partial charge in [0.15, 0.2) is 28.9 Å². The van der Waals surface area contributed by atoms with Crippen LogP contribution in [0.3, 0.4) is 0 Å². The molecule has 3 aromatic rings. The summed E-state index contributed by atoms with van der Waals surface area (Å²) in [5.74, 6) is -1.98. The Kier molecular flexibility index (Phi) is 8.99. The third-order valence-corrected chi connectivity index (χ3v) is 7.74. The molecule has 0 radical (unpaired) electrons. The summed E-state index contributed by atoms with van der Waals surface area (Å²) in [6.07, 6.45) is 4.77. The first-order valence-electron chi connectivity index (χ1n) is 13.6. The van der Waals surface area contributed by atoms with E-state index in [4.69, 9.17) is 14.2 Å². The zero-order valence-electron chi connectivity index (χ0n) is 23.5. The van der Waals surface area contributed by atoms with Gasteiger partial charge in [0, 0.05) is 57.1 Å². The van der Waals surface area contributed by atoms with Crippen molar-refractivity contribution in [1.82, 2.24) is 19.8 Å². The lowest BCUT2D eigenvalue weighted by Crippen LogP contribution is -2.52. The number of nitrogens with one attached hydrogen (secondary N) is 1. The van der Waals surface area contributed by atoms with Gasteiger partial charge in [-0.3, -0.25) is 4.90 Å². The Morgan fingerprint density at radius 1 is 0.878 bits per heavy atom. The van der Waals surface area contributed by atoms with Crippen LogP contribution < -0.4 is 24.4 Å². The number of halogens is 3. The number of nitrogens with zero attached hydrogens (tertiary/aromatic N) is 5. The summed E-state index contributed by atoms with van der Waals surface area (Å²) in [5.41, 5.74) is 0.744. The smallest absolute Gasteiger partial charge is 0.227 e. The standard InChI is InChI=1S/C29H35F3N6O3/c1-36-10-12-37(13-11-36)20-6-8-38(9-7-20)24-5-4-19(14-23(24)30)35-29-33-16-21(17-34-29)41-18-22-27(31)25(39-2)15-26(40-3)28(22)32/h4-5,14-17,20H,6-13,18H2,1-3H3,(H,33,34,35). The first-order chi connectivity index (χ1) is 19.9. The number of ether oxygens (including phenoxy) is 3. The van der Waals surface area contributed by atoms with Gasteiger partial charge in [-0.15, -0.1) is 0 Å². The van der Waals surface area contributed by atoms with Crippen LogP contribution in [0.1, 0.15) is 18.4 Å². The van der Waals surface area contributed by atoms with E-state index in [1.54, 1.807) is 12.1 Å². The van der Waals surface area contributed by atoms with E-state index in [0.29, 0.717) is 17.4 Å². The van der Waals surface area contributed by atoms with Gasteiger partial charge in [-0.2, -0.15) is 0 Å². The Balaban J connectivity index is 1.16. The molecule has 0 aliphatic carbocycles. The number of benzene rings is 2. The molecule has 1 aromatic heterocycles. The molecule has 0 amide bonds. The van der Waals surface area contributed by atoms with Crippen molar-refractivity contribution in [3.8, 4) is 17.2 Å². The van der Waals surface area contributed by atoms with E-state index < -0.39 is 18.2 Å². The van der Waals surface area contributed by atoms with Crippen molar-refractivity contribution >= 4 is 17.3 Å². The van der Waals surface area contributed by atoms with E-state index in [-0.39, 0.29) is 34.6 Å². The van der Waals surface area contributed by atoms with Crippen LogP contribution in [0.15, 0.2) is 36.7 Å². The number of hydrogen-bond donors (Lipinski definition) is 1. The summed E-state index contributed by atoms with van der Waals surface area (Å²) in [4.78, 5) is 15.4. The Morgan fingerprint density at radius 3 is 2.10 bits per heavy atom. The summed E-state index contributed by atoms with van der Waals surface area (Å²) >= 11 is 0. The van der Waals surface area contributed by atoms with Gasteiger partial charge < -0.3 is 29.3 Å². The average molecular weight is 573 g/mol. The molecule has 5 rings (SSSR count). The summed E-state index contributed by atoms with van der Waals surface area (Å²) in [6.45, 7) is 5.60. The van der Waals surface area contributed by atoms with Gasteiger partial charge in [0.25, 0.3) is 0 Å². The number of aromatic nitrogens is 2. The van der Waals surface area contributed by atoms with E-state index in [9.17, 15) is 8.78 Å². The molecule has 0 spiro atoms. The topological polar surface area (TPSA) is 75.2 Å². The molecule has 9 nitrogen and oxygen atoms in total. The van der Waals surface area contributed by atoms with Gasteiger partial charge >= 0.3 is 0 Å². The predicted molar refractivity (Wildman–Crippen MR) is 150 cm³/mol. The van der Waals surface area contributed by atoms with E-state index in [1.165, 1.54) is 32.7 Å². The third-order valence-electron chi connectivity index (χ3n) is 7.74. The molecule has 2 aliphatic heterocycles. The maximum atomic E-state index is 15.1. The van der Waals surface area contributed by atoms with Crippen molar-refractivity contribution in [2.24, 2.45) is 0 Å². The van der Waals surface area contributed by atoms with Crippen molar-refractivity contribution < 1.29 is 27.4 Å². The van der Waals surface area contributed by atoms with E-state index in [0.717, 1.165) is 58.2 Å². The summed E-state index contributed by atoms with van der Waals surface area (Å²) in [7, 11) is 4.71. The highest BCUT2D eigenvalue weighted by Crippen LogP contribution is 2.32. The van der Waals surface area contributed by atoms with Crippen molar-refractivity contribution in [3.63, 3.8) is 0 Å². The lowest BCUT2D eigenvalue weighted by atomic mass is 10.0. The van der Waals surface area contributed by atoms with E-state index >= 15 is 4.39 Å². The second kappa shape index (κ2) is 12.8. The monoisotopic (exact) mass is 572 g/mol. The molecular weight excluding hydrogens is 537 g/mol. The molecule has 2 aromatic carbocycles. The molecule has 12 heteroatoms. The second-order valence-electron chi connectivity index (χ2n) is 10.3. The number of piperidine rings is 1. The number of hydrogen-bond acceptors (Lipinski definition) is 9. The average Bonchev–Trinajstić information content (AvgIpc) is 2.99. The molecule has 0 unspecified atom stereocenters. The van der Waals surface area contributed by atoms with Gasteiger partial charge in [-0.1, -0.05) is 0 Å². The maximum absolute atomic E-state index is 15.1. The number of anilines is 3. The van der Waals surface area contributed by atoms with Crippen molar-refractivity contribution in [1.29, 1.82) is 0 Å². The minimum atomic E-state index is -0.880. The quantitative estimate of drug-likeness (QED) is 0.400. The molecule has 0 bridgehead atoms. The number of likely N-dealkylation sites (N-methyl/N-ethyl adjacent to an activating group) is 1. The highest BCUT2D eigenvalue weighted by Gasteiger charge is 2.27. The van der Waals surface area contributed by atoms with Crippen molar-refractivity contribution in [2.75, 3.05) is 70.8 Å². The summed E-state index contributed by atoms with van der Waals surface area (Å²) < 4.78 is 59.6. The Morgan fingerprint density at radius 2 is 1.51 bits per heavy atom. The first-order valence-corrected chi connectivity index (χ1v) is 13.6. The van der Waals surface area contributed by atoms with Gasteiger partial charge in [0.2, 0.25) is 5.95 Å². The minimum absolute atomic E-state index is 0.161. The van der Waals surface area contributed by atoms with E-state index in [2.05, 4.69) is 37.0 Å². The van der Waals surface area contributed by atoms with Gasteiger partial charge in [0.05, 0.1) is 37.9 Å². The fourth-order valence-electron chi connectivity index (χ4n) is 5.30. The van der Waals surface area contributed by atoms with Crippen LogP contribution in [0.25, 0.3) is 0 Å². The zero-order chi connectivity index (χ0) is 28.9. The van der Waals surface area contributed by atoms with Gasteiger partial charge in [-0.05, 0) is 38.1 Å². The normalized spacial score (nSPS) is 17.0. The first kappa shape index (κ1) is 28.7.